The van der Waals surface area contributed by atoms with Gasteiger partial charge in [0.15, 0.2) is 0 Å². The van der Waals surface area contributed by atoms with Gasteiger partial charge in [-0.15, -0.1) is 0 Å². The molecule has 2 heteroatoms. The van der Waals surface area contributed by atoms with Crippen LogP contribution in [0.25, 0.3) is 24.4 Å². The maximum absolute atomic E-state index is 4.54. The number of rotatable bonds is 0. The summed E-state index contributed by atoms with van der Waals surface area (Å²) in [6, 6.07) is 0. The Morgan fingerprint density at radius 3 is 3.21 bits per heavy atom. The number of hydrogen-bond donors (Lipinski definition) is 0. The summed E-state index contributed by atoms with van der Waals surface area (Å²) in [7, 11) is 0. The molecule has 0 aromatic carbocycles. The zero-order valence-corrected chi connectivity index (χ0v) is 7.72. The standard InChI is InChI=1S/C12H10N2/c1-2-8-12-13-10-6-3-4-7-11(10)14(12)9-5-1/h1-3,5-9H,4H2. The molecule has 1 aromatic rings. The van der Waals surface area contributed by atoms with Crippen LogP contribution in [0.15, 0.2) is 24.3 Å². The smallest absolute Gasteiger partial charge is 0.137 e. The van der Waals surface area contributed by atoms with Crippen LogP contribution in [0.3, 0.4) is 0 Å². The van der Waals surface area contributed by atoms with Gasteiger partial charge in [0.1, 0.15) is 5.48 Å². The van der Waals surface area contributed by atoms with Crippen molar-refractivity contribution in [3.63, 3.8) is 0 Å². The maximum Gasteiger partial charge on any atom is 0.137 e. The van der Waals surface area contributed by atoms with Crippen molar-refractivity contribution in [2.45, 2.75) is 6.42 Å². The molecule has 1 aliphatic carbocycles. The van der Waals surface area contributed by atoms with Crippen LogP contribution in [0, 0.1) is 0 Å². The second-order valence-electron chi connectivity index (χ2n) is 3.35. The summed E-state index contributed by atoms with van der Waals surface area (Å²) in [5.74, 6) is 0. The van der Waals surface area contributed by atoms with E-state index in [4.69, 9.17) is 0 Å². The summed E-state index contributed by atoms with van der Waals surface area (Å²) in [6.07, 6.45) is 17.6. The van der Waals surface area contributed by atoms with Crippen LogP contribution in [0.4, 0.5) is 0 Å². The topological polar surface area (TPSA) is 17.8 Å². The largest absolute Gasteiger partial charge is 0.300 e. The highest BCUT2D eigenvalue weighted by Gasteiger charge is 2.04. The molecule has 2 aliphatic rings. The van der Waals surface area contributed by atoms with E-state index in [0.717, 1.165) is 17.6 Å². The fraction of sp³-hybridized carbons (Fsp3) is 0.0833. The fourth-order valence-electron chi connectivity index (χ4n) is 1.78. The van der Waals surface area contributed by atoms with E-state index in [-0.39, 0.29) is 0 Å². The van der Waals surface area contributed by atoms with Gasteiger partial charge in [-0.3, -0.25) is 4.57 Å². The summed E-state index contributed by atoms with van der Waals surface area (Å²) < 4.78 is 2.12. The number of nitrogens with zero attached hydrogens (tertiary/aromatic N) is 2. The Balaban J connectivity index is 2.44. The summed E-state index contributed by atoms with van der Waals surface area (Å²) in [4.78, 5) is 4.54. The van der Waals surface area contributed by atoms with E-state index in [1.807, 2.05) is 24.3 Å². The number of aromatic nitrogens is 2. The summed E-state index contributed by atoms with van der Waals surface area (Å²) >= 11 is 0. The number of fused-ring (bicyclic) bond motifs is 3. The van der Waals surface area contributed by atoms with Crippen molar-refractivity contribution in [2.24, 2.45) is 0 Å². The maximum atomic E-state index is 4.54. The van der Waals surface area contributed by atoms with Crippen LogP contribution in [0.2, 0.25) is 0 Å². The monoisotopic (exact) mass is 182 g/mol. The third-order valence-electron chi connectivity index (χ3n) is 2.43. The Morgan fingerprint density at radius 2 is 2.21 bits per heavy atom. The first-order valence-corrected chi connectivity index (χ1v) is 4.75. The number of hydrogen-bond acceptors (Lipinski definition) is 1. The second kappa shape index (κ2) is 2.84. The molecule has 0 fully saturated rings. The molecule has 0 radical (unpaired) electrons. The summed E-state index contributed by atoms with van der Waals surface area (Å²) in [5, 5.41) is 1.21. The Labute approximate surface area is 81.9 Å². The van der Waals surface area contributed by atoms with E-state index in [1.165, 1.54) is 5.35 Å². The van der Waals surface area contributed by atoms with Gasteiger partial charge < -0.3 is 0 Å². The molecule has 0 saturated heterocycles. The minimum Gasteiger partial charge on any atom is -0.300 e. The molecular formula is C12H10N2. The van der Waals surface area contributed by atoms with Gasteiger partial charge in [-0.1, -0.05) is 24.3 Å². The zero-order valence-electron chi connectivity index (χ0n) is 7.72. The molecular weight excluding hydrogens is 172 g/mol. The molecule has 0 N–H and O–H groups in total. The first-order valence-electron chi connectivity index (χ1n) is 4.75. The molecule has 0 atom stereocenters. The summed E-state index contributed by atoms with van der Waals surface area (Å²) in [5.41, 5.74) is 2.07. The Morgan fingerprint density at radius 1 is 1.21 bits per heavy atom. The van der Waals surface area contributed by atoms with E-state index in [1.54, 1.807) is 0 Å². The molecule has 68 valence electrons. The SMILES string of the molecule is C1=CC=c2nc3c(n2C=C1)=CCC=C3. The zero-order chi connectivity index (χ0) is 9.38. The van der Waals surface area contributed by atoms with Gasteiger partial charge in [-0.2, -0.15) is 0 Å². The van der Waals surface area contributed by atoms with Crippen molar-refractivity contribution in [3.05, 3.63) is 40.8 Å². The molecule has 2 heterocycles. The average Bonchev–Trinajstić information content (AvgIpc) is 2.42. The first-order chi connectivity index (χ1) is 6.95. The van der Waals surface area contributed by atoms with Gasteiger partial charge in [0, 0.05) is 6.20 Å². The molecule has 14 heavy (non-hydrogen) atoms. The molecule has 0 amide bonds. The Bertz CT molecular complexity index is 568. The van der Waals surface area contributed by atoms with Crippen molar-refractivity contribution in [1.82, 2.24) is 9.55 Å². The van der Waals surface area contributed by atoms with Gasteiger partial charge in [-0.25, -0.2) is 4.98 Å². The number of imidazole rings is 1. The Hall–Kier alpha value is -1.83. The van der Waals surface area contributed by atoms with Crippen LogP contribution in [-0.4, -0.2) is 9.55 Å². The van der Waals surface area contributed by atoms with Gasteiger partial charge in [0.25, 0.3) is 0 Å². The van der Waals surface area contributed by atoms with E-state index in [0.29, 0.717) is 0 Å². The van der Waals surface area contributed by atoms with Gasteiger partial charge in [0.2, 0.25) is 0 Å². The van der Waals surface area contributed by atoms with E-state index >= 15 is 0 Å². The molecule has 1 aliphatic heterocycles. The molecule has 3 rings (SSSR count). The van der Waals surface area contributed by atoms with Crippen molar-refractivity contribution in [3.8, 4) is 0 Å². The molecule has 0 unspecified atom stereocenters. The minimum absolute atomic E-state index is 0.999. The lowest BCUT2D eigenvalue weighted by Gasteiger charge is -1.96. The predicted molar refractivity (Wildman–Crippen MR) is 58.5 cm³/mol. The van der Waals surface area contributed by atoms with Crippen LogP contribution in [0.1, 0.15) is 12.1 Å². The third kappa shape index (κ3) is 1.01. The average molecular weight is 182 g/mol. The van der Waals surface area contributed by atoms with E-state index in [9.17, 15) is 0 Å². The van der Waals surface area contributed by atoms with Crippen LogP contribution in [-0.2, 0) is 0 Å². The highest BCUT2D eigenvalue weighted by atomic mass is 15.0. The molecule has 1 aromatic heterocycles. The van der Waals surface area contributed by atoms with E-state index in [2.05, 4.69) is 34.0 Å². The van der Waals surface area contributed by atoms with Crippen LogP contribution in [0.5, 0.6) is 0 Å². The fourth-order valence-corrected chi connectivity index (χ4v) is 1.78. The first kappa shape index (κ1) is 7.56. The second-order valence-corrected chi connectivity index (χ2v) is 3.35. The molecule has 0 bridgehead atoms. The third-order valence-corrected chi connectivity index (χ3v) is 2.43. The summed E-state index contributed by atoms with van der Waals surface area (Å²) in [6.45, 7) is 0. The highest BCUT2D eigenvalue weighted by Crippen LogP contribution is 2.00. The highest BCUT2D eigenvalue weighted by molar-refractivity contribution is 5.56. The van der Waals surface area contributed by atoms with Crippen molar-refractivity contribution >= 4 is 24.4 Å². The van der Waals surface area contributed by atoms with Crippen LogP contribution < -0.4 is 10.8 Å². The lowest BCUT2D eigenvalue weighted by atomic mass is 10.2. The normalized spacial score (nSPS) is 16.6. The van der Waals surface area contributed by atoms with E-state index < -0.39 is 0 Å². The van der Waals surface area contributed by atoms with Gasteiger partial charge >= 0.3 is 0 Å². The quantitative estimate of drug-likeness (QED) is 0.583. The molecule has 0 saturated carbocycles. The lowest BCUT2D eigenvalue weighted by Crippen LogP contribution is -2.23. The van der Waals surface area contributed by atoms with Gasteiger partial charge in [0.05, 0.1) is 11.0 Å². The number of allylic oxidation sites excluding steroid dienone is 4. The minimum atomic E-state index is 0.999. The van der Waals surface area contributed by atoms with Crippen molar-refractivity contribution in [1.29, 1.82) is 0 Å². The predicted octanol–water partition coefficient (Wildman–Crippen LogP) is 0.901. The van der Waals surface area contributed by atoms with Gasteiger partial charge in [-0.05, 0) is 24.6 Å². The molecule has 0 spiro atoms. The van der Waals surface area contributed by atoms with Crippen LogP contribution >= 0.6 is 0 Å². The Kier molecular flexibility index (Phi) is 1.53. The lowest BCUT2D eigenvalue weighted by molar-refractivity contribution is 1.03. The van der Waals surface area contributed by atoms with Crippen molar-refractivity contribution in [2.75, 3.05) is 0 Å². The molecule has 2 nitrogen and oxygen atoms in total. The van der Waals surface area contributed by atoms with Crippen molar-refractivity contribution < 1.29 is 0 Å².